The summed E-state index contributed by atoms with van der Waals surface area (Å²) in [5.74, 6) is 0.803. The summed E-state index contributed by atoms with van der Waals surface area (Å²) in [6, 6.07) is 1.88. The van der Waals surface area contributed by atoms with Crippen molar-refractivity contribution in [3.05, 3.63) is 21.4 Å². The molecule has 4 aliphatic rings. The molecule has 5 heteroatoms. The molecule has 1 aromatic heterocycles. The maximum atomic E-state index is 12.8. The van der Waals surface area contributed by atoms with Crippen LogP contribution in [0.2, 0.25) is 0 Å². The van der Waals surface area contributed by atoms with E-state index in [0.717, 1.165) is 41.9 Å². The lowest BCUT2D eigenvalue weighted by atomic mass is 9.49. The summed E-state index contributed by atoms with van der Waals surface area (Å²) in [7, 11) is 0. The molecule has 1 heterocycles. The van der Waals surface area contributed by atoms with Gasteiger partial charge in [-0.3, -0.25) is 9.59 Å². The van der Waals surface area contributed by atoms with Crippen molar-refractivity contribution < 1.29 is 14.3 Å². The van der Waals surface area contributed by atoms with Crippen molar-refractivity contribution in [1.29, 1.82) is 0 Å². The van der Waals surface area contributed by atoms with Crippen LogP contribution < -0.4 is 0 Å². The zero-order chi connectivity index (χ0) is 17.1. The van der Waals surface area contributed by atoms with E-state index in [2.05, 4.69) is 0 Å². The molecule has 0 amide bonds. The summed E-state index contributed by atoms with van der Waals surface area (Å²) >= 11 is 8.37. The molecule has 3 nitrogen and oxygen atoms in total. The molecule has 4 aliphatic carbocycles. The van der Waals surface area contributed by atoms with Crippen molar-refractivity contribution in [2.24, 2.45) is 17.3 Å². The van der Waals surface area contributed by atoms with E-state index in [9.17, 15) is 9.59 Å². The van der Waals surface area contributed by atoms with Crippen LogP contribution >= 0.6 is 22.9 Å². The van der Waals surface area contributed by atoms with E-state index in [4.69, 9.17) is 16.3 Å². The highest BCUT2D eigenvalue weighted by Crippen LogP contribution is 2.64. The predicted octanol–water partition coefficient (Wildman–Crippen LogP) is 4.67. The monoisotopic (exact) mass is 366 g/mol. The van der Waals surface area contributed by atoms with Crippen molar-refractivity contribution in [1.82, 2.24) is 0 Å². The molecule has 4 bridgehead atoms. The molecule has 4 fully saturated rings. The second kappa shape index (κ2) is 5.57. The van der Waals surface area contributed by atoms with Gasteiger partial charge >= 0.3 is 5.97 Å². The number of carbonyl (C=O) groups excluding carboxylic acids is 2. The molecule has 0 aromatic carbocycles. The highest BCUT2D eigenvalue weighted by atomic mass is 35.5. The largest absolute Gasteiger partial charge is 0.457 e. The van der Waals surface area contributed by atoms with E-state index in [1.807, 2.05) is 19.9 Å². The van der Waals surface area contributed by atoms with Gasteiger partial charge in [0.1, 0.15) is 0 Å². The van der Waals surface area contributed by atoms with Crippen molar-refractivity contribution >= 4 is 34.7 Å². The van der Waals surface area contributed by atoms with Crippen LogP contribution in [0, 0.1) is 31.1 Å². The van der Waals surface area contributed by atoms with Gasteiger partial charge in [0.05, 0.1) is 5.41 Å². The van der Waals surface area contributed by atoms with Crippen LogP contribution in [0.5, 0.6) is 0 Å². The molecule has 2 unspecified atom stereocenters. The predicted molar refractivity (Wildman–Crippen MR) is 94.8 cm³/mol. The maximum absolute atomic E-state index is 12.8. The van der Waals surface area contributed by atoms with E-state index in [1.165, 1.54) is 6.42 Å². The van der Waals surface area contributed by atoms with Gasteiger partial charge < -0.3 is 4.74 Å². The number of esters is 1. The van der Waals surface area contributed by atoms with Gasteiger partial charge in [-0.15, -0.1) is 22.9 Å². The van der Waals surface area contributed by atoms with Crippen LogP contribution in [0.25, 0.3) is 0 Å². The van der Waals surface area contributed by atoms with Crippen LogP contribution in [0.15, 0.2) is 6.07 Å². The van der Waals surface area contributed by atoms with E-state index < -0.39 is 5.41 Å². The fourth-order valence-corrected chi connectivity index (χ4v) is 7.29. The molecule has 24 heavy (non-hydrogen) atoms. The summed E-state index contributed by atoms with van der Waals surface area (Å²) in [5.41, 5.74) is 0.246. The lowest BCUT2D eigenvalue weighted by Crippen LogP contribution is -2.56. The number of Topliss-reactive ketones (excluding diaryl/α,β-unsaturated/α-hetero) is 1. The molecule has 0 radical (unpaired) electrons. The van der Waals surface area contributed by atoms with Crippen molar-refractivity contribution in [3.8, 4) is 0 Å². The minimum atomic E-state index is -0.439. The average Bonchev–Trinajstić information content (AvgIpc) is 2.80. The first-order valence-electron chi connectivity index (χ1n) is 8.75. The molecule has 4 atom stereocenters. The summed E-state index contributed by atoms with van der Waals surface area (Å²) in [4.78, 5) is 27.1. The van der Waals surface area contributed by atoms with Gasteiger partial charge in [0.25, 0.3) is 0 Å². The molecule has 0 spiro atoms. The molecule has 5 rings (SSSR count). The molecule has 1 aromatic rings. The number of halogens is 1. The Morgan fingerprint density at radius 3 is 2.46 bits per heavy atom. The first kappa shape index (κ1) is 16.6. The van der Waals surface area contributed by atoms with Gasteiger partial charge in [-0.05, 0) is 70.3 Å². The molecular weight excluding hydrogens is 344 g/mol. The fourth-order valence-electron chi connectivity index (χ4n) is 5.66. The highest BCUT2D eigenvalue weighted by Gasteiger charge is 2.60. The first-order valence-corrected chi connectivity index (χ1v) is 9.94. The lowest BCUT2D eigenvalue weighted by molar-refractivity contribution is -0.168. The Bertz CT molecular complexity index is 693. The number of hydrogen-bond acceptors (Lipinski definition) is 4. The van der Waals surface area contributed by atoms with Crippen LogP contribution in [0.1, 0.15) is 58.6 Å². The summed E-state index contributed by atoms with van der Waals surface area (Å²) in [6.07, 6.45) is 5.77. The van der Waals surface area contributed by atoms with E-state index in [1.54, 1.807) is 11.3 Å². The molecule has 4 saturated carbocycles. The third-order valence-corrected chi connectivity index (χ3v) is 7.51. The van der Waals surface area contributed by atoms with Gasteiger partial charge in [-0.1, -0.05) is 0 Å². The zero-order valence-electron chi connectivity index (χ0n) is 14.2. The topological polar surface area (TPSA) is 43.4 Å². The minimum absolute atomic E-state index is 0.101. The number of thiophene rings is 1. The molecule has 0 N–H and O–H groups in total. The van der Waals surface area contributed by atoms with E-state index in [-0.39, 0.29) is 23.2 Å². The molecule has 0 aliphatic heterocycles. The Kier molecular flexibility index (Phi) is 3.85. The third-order valence-electron chi connectivity index (χ3n) is 6.10. The minimum Gasteiger partial charge on any atom is -0.457 e. The van der Waals surface area contributed by atoms with Gasteiger partial charge in [-0.2, -0.15) is 0 Å². The summed E-state index contributed by atoms with van der Waals surface area (Å²) in [5, 5.41) is 0. The number of carbonyl (C=O) groups is 2. The lowest BCUT2D eigenvalue weighted by Gasteiger charge is -2.58. The number of rotatable bonds is 4. The quantitative estimate of drug-likeness (QED) is 0.442. The van der Waals surface area contributed by atoms with Crippen molar-refractivity contribution in [3.63, 3.8) is 0 Å². The Hall–Kier alpha value is -0.870. The Labute approximate surface area is 151 Å². The maximum Gasteiger partial charge on any atom is 0.312 e. The number of hydrogen-bond donors (Lipinski definition) is 0. The van der Waals surface area contributed by atoms with Gasteiger partial charge in [0.15, 0.2) is 6.61 Å². The first-order chi connectivity index (χ1) is 11.3. The smallest absolute Gasteiger partial charge is 0.312 e. The second-order valence-corrected chi connectivity index (χ2v) is 10.5. The van der Waals surface area contributed by atoms with Crippen LogP contribution in [0.4, 0.5) is 0 Å². The van der Waals surface area contributed by atoms with Crippen molar-refractivity contribution in [2.75, 3.05) is 6.61 Å². The third kappa shape index (κ3) is 2.72. The molecule has 0 saturated heterocycles. The average molecular weight is 367 g/mol. The van der Waals surface area contributed by atoms with Crippen LogP contribution in [-0.4, -0.2) is 23.2 Å². The fraction of sp³-hybridized carbons (Fsp3) is 0.684. The van der Waals surface area contributed by atoms with Gasteiger partial charge in [-0.25, -0.2) is 0 Å². The van der Waals surface area contributed by atoms with Crippen LogP contribution in [0.3, 0.4) is 0 Å². The van der Waals surface area contributed by atoms with Gasteiger partial charge in [0.2, 0.25) is 5.78 Å². The number of ether oxygens (including phenoxy) is 1. The normalized spacial score (nSPS) is 36.8. The molecular formula is C19H23ClO3S. The van der Waals surface area contributed by atoms with E-state index >= 15 is 0 Å². The summed E-state index contributed by atoms with van der Waals surface area (Å²) in [6.45, 7) is 3.76. The number of aryl methyl sites for hydroxylation is 2. The Morgan fingerprint density at radius 2 is 1.92 bits per heavy atom. The second-order valence-electron chi connectivity index (χ2n) is 8.22. The highest BCUT2D eigenvalue weighted by molar-refractivity contribution is 7.12. The molecule has 130 valence electrons. The summed E-state index contributed by atoms with van der Waals surface area (Å²) < 4.78 is 5.51. The van der Waals surface area contributed by atoms with Crippen LogP contribution in [-0.2, 0) is 9.53 Å². The van der Waals surface area contributed by atoms with Gasteiger partial charge in [0, 0.05) is 20.2 Å². The number of ketones is 1. The number of alkyl halides is 1. The Morgan fingerprint density at radius 1 is 1.25 bits per heavy atom. The SMILES string of the molecule is Cc1cc(C(=O)COC(=O)C23C[C@@H]4C[C@@H](CC(Cl)(C4)C2)C3)c(C)s1. The van der Waals surface area contributed by atoms with Crippen molar-refractivity contribution in [2.45, 2.75) is 57.2 Å². The zero-order valence-corrected chi connectivity index (χ0v) is 15.8. The standard InChI is InChI=1S/C19H23ClO3S/c1-11-3-15(12(2)24-11)16(21)9-23-17(22)18-5-13-4-14(6-18)8-19(20,7-13)10-18/h3,13-14H,4-10H2,1-2H3/t13-,14+,18?,19?. The van der Waals surface area contributed by atoms with E-state index in [0.29, 0.717) is 17.4 Å². The Balaban J connectivity index is 1.45.